The Kier molecular flexibility index (Phi) is 13.8. The number of nitrogens with zero attached hydrogens (tertiary/aromatic N) is 3. The Labute approximate surface area is 276 Å². The van der Waals surface area contributed by atoms with Crippen LogP contribution in [0, 0.1) is 5.92 Å². The van der Waals surface area contributed by atoms with Gasteiger partial charge in [0.1, 0.15) is 0 Å². The van der Waals surface area contributed by atoms with Crippen LogP contribution in [0.25, 0.3) is 0 Å². The van der Waals surface area contributed by atoms with Crippen molar-refractivity contribution >= 4 is 75.8 Å². The molecule has 0 aromatic heterocycles. The summed E-state index contributed by atoms with van der Waals surface area (Å²) in [5.41, 5.74) is 8.62. The van der Waals surface area contributed by atoms with Crippen LogP contribution in [-0.4, -0.2) is 48.2 Å². The second-order valence-electron chi connectivity index (χ2n) is 11.2. The molecule has 1 aliphatic rings. The summed E-state index contributed by atoms with van der Waals surface area (Å²) in [5.74, 6) is -2.03. The average Bonchev–Trinajstić information content (AvgIpc) is 3.09. The molecule has 3 aromatic carbocycles. The predicted octanol–water partition coefficient (Wildman–Crippen LogP) is 6.46. The Balaban J connectivity index is 0.00000280. The molecule has 0 aliphatic heterocycles. The normalized spacial score (nSPS) is 14.5. The minimum atomic E-state index is -2.54. The van der Waals surface area contributed by atoms with Gasteiger partial charge in [-0.3, -0.25) is 0 Å². The van der Waals surface area contributed by atoms with E-state index < -0.39 is 24.3 Å². The molecule has 0 radical (unpaired) electrons. The van der Waals surface area contributed by atoms with E-state index in [2.05, 4.69) is 157 Å². The first-order valence-electron chi connectivity index (χ1n) is 13.5. The average molecular weight is 667 g/mol. The third-order valence-electron chi connectivity index (χ3n) is 8.33. The first kappa shape index (κ1) is 37.4. The van der Waals surface area contributed by atoms with Crippen LogP contribution in [0.3, 0.4) is 0 Å². The molecular formula is C33H46Cl3N3SiTi. The molecule has 0 heterocycles. The second-order valence-corrected chi connectivity index (χ2v) is 20.1. The van der Waals surface area contributed by atoms with Gasteiger partial charge in [-0.05, 0) is 0 Å². The molecule has 222 valence electrons. The zero-order chi connectivity index (χ0) is 27.8. The molecule has 8 heteroatoms. The third kappa shape index (κ3) is 6.79. The Bertz CT molecular complexity index is 1280. The molecule has 0 bridgehead atoms. The monoisotopic (exact) mass is 665 g/mol. The van der Waals surface area contributed by atoms with Crippen LogP contribution in [0.2, 0.25) is 0 Å². The molecule has 0 fully saturated rings. The summed E-state index contributed by atoms with van der Waals surface area (Å²) in [7, 11) is 13.2. The van der Waals surface area contributed by atoms with Crippen molar-refractivity contribution in [3.63, 3.8) is 0 Å². The van der Waals surface area contributed by atoms with Crippen LogP contribution in [0.5, 0.6) is 0 Å². The standard InChI is InChI=1S/C24H30N3Si.C9H13.3ClH.Ti/c1-25(2)19-13-7-10-16-22(19)28(23-17-11-8-14-20(23)26(3)4)24-18-12-9-15-21(24)27(5)6;1-6-5-7(2)9(4)8(6)3;;;;/h7-18H,1-6H3;6H,1-4H3;3*1H;. The fourth-order valence-corrected chi connectivity index (χ4v) is 20.4. The van der Waals surface area contributed by atoms with Gasteiger partial charge in [0.25, 0.3) is 0 Å². The minimum absolute atomic E-state index is 0. The van der Waals surface area contributed by atoms with Gasteiger partial charge in [0.15, 0.2) is 0 Å². The van der Waals surface area contributed by atoms with E-state index in [4.69, 9.17) is 0 Å². The van der Waals surface area contributed by atoms with Crippen LogP contribution < -0.4 is 30.3 Å². The van der Waals surface area contributed by atoms with Crippen molar-refractivity contribution in [1.29, 1.82) is 0 Å². The van der Waals surface area contributed by atoms with E-state index in [-0.39, 0.29) is 37.2 Å². The number of benzene rings is 3. The van der Waals surface area contributed by atoms with E-state index in [1.54, 1.807) is 15.0 Å². The Hall–Kier alpha value is -1.66. The van der Waals surface area contributed by atoms with E-state index in [9.17, 15) is 0 Å². The second kappa shape index (κ2) is 15.2. The molecule has 3 aromatic rings. The molecule has 0 amide bonds. The van der Waals surface area contributed by atoms with Crippen molar-refractivity contribution in [2.45, 2.75) is 27.7 Å². The quantitative estimate of drug-likeness (QED) is 0.202. The summed E-state index contributed by atoms with van der Waals surface area (Å²) in [6, 6.07) is 27.7. The predicted molar refractivity (Wildman–Crippen MR) is 189 cm³/mol. The molecule has 1 unspecified atom stereocenters. The topological polar surface area (TPSA) is 9.72 Å². The van der Waals surface area contributed by atoms with Crippen LogP contribution >= 0.6 is 37.2 Å². The molecule has 0 spiro atoms. The third-order valence-corrected chi connectivity index (χ3v) is 20.7. The van der Waals surface area contributed by atoms with Crippen molar-refractivity contribution in [2.24, 2.45) is 5.92 Å². The first-order valence-corrected chi connectivity index (χ1v) is 18.6. The van der Waals surface area contributed by atoms with Gasteiger partial charge in [-0.15, -0.1) is 37.2 Å². The maximum atomic E-state index is 2.45. The summed E-state index contributed by atoms with van der Waals surface area (Å²) in [5, 5.41) is 4.59. The summed E-state index contributed by atoms with van der Waals surface area (Å²) < 4.78 is 1.72. The van der Waals surface area contributed by atoms with Crippen molar-refractivity contribution < 1.29 is 18.4 Å². The van der Waals surface area contributed by atoms with Crippen molar-refractivity contribution in [1.82, 2.24) is 0 Å². The van der Waals surface area contributed by atoms with Gasteiger partial charge in [0.05, 0.1) is 0 Å². The number of halogens is 3. The van der Waals surface area contributed by atoms with Crippen LogP contribution in [-0.2, 0) is 18.4 Å². The van der Waals surface area contributed by atoms with Gasteiger partial charge in [0, 0.05) is 0 Å². The number of hydrogen-bond acceptors (Lipinski definition) is 3. The summed E-state index contributed by atoms with van der Waals surface area (Å²) in [6.45, 7) is 9.51. The van der Waals surface area contributed by atoms with E-state index in [0.29, 0.717) is 5.92 Å². The molecule has 0 saturated heterocycles. The number of para-hydroxylation sites is 3. The molecule has 1 atom stereocenters. The molecule has 0 saturated carbocycles. The van der Waals surface area contributed by atoms with Crippen molar-refractivity contribution in [3.05, 3.63) is 93.4 Å². The maximum absolute atomic E-state index is 2.54. The first-order chi connectivity index (χ1) is 18.0. The van der Waals surface area contributed by atoms with E-state index >= 15 is 0 Å². The van der Waals surface area contributed by atoms with Gasteiger partial charge in [0.2, 0.25) is 0 Å². The Morgan fingerprint density at radius 3 is 1.12 bits per heavy atom. The van der Waals surface area contributed by atoms with Crippen LogP contribution in [0.4, 0.5) is 17.1 Å². The van der Waals surface area contributed by atoms with Gasteiger partial charge in [-0.25, -0.2) is 0 Å². The molecule has 0 N–H and O–H groups in total. The summed E-state index contributed by atoms with van der Waals surface area (Å²) in [4.78, 5) is 6.98. The van der Waals surface area contributed by atoms with Crippen molar-refractivity contribution in [2.75, 3.05) is 57.0 Å². The van der Waals surface area contributed by atoms with E-state index in [0.717, 1.165) is 0 Å². The zero-order valence-electron chi connectivity index (χ0n) is 26.1. The zero-order valence-corrected chi connectivity index (χ0v) is 31.1. The van der Waals surface area contributed by atoms with Gasteiger partial charge < -0.3 is 0 Å². The molecule has 3 nitrogen and oxygen atoms in total. The maximum Gasteiger partial charge on any atom is -0.147 e. The van der Waals surface area contributed by atoms with Crippen molar-refractivity contribution in [3.8, 4) is 0 Å². The van der Waals surface area contributed by atoms with E-state index in [1.807, 2.05) is 0 Å². The Morgan fingerprint density at radius 2 is 0.854 bits per heavy atom. The Morgan fingerprint density at radius 1 is 0.537 bits per heavy atom. The molecule has 1 aliphatic carbocycles. The van der Waals surface area contributed by atoms with Gasteiger partial charge >= 0.3 is 241 Å². The van der Waals surface area contributed by atoms with Gasteiger partial charge in [-0.2, -0.15) is 0 Å². The molecular weight excluding hydrogens is 621 g/mol. The number of hydrogen-bond donors (Lipinski definition) is 0. The molecule has 4 rings (SSSR count). The molecule has 41 heavy (non-hydrogen) atoms. The van der Waals surface area contributed by atoms with Crippen LogP contribution in [0.15, 0.2) is 93.4 Å². The summed E-state index contributed by atoms with van der Waals surface area (Å²) in [6.07, 6.45) is 0. The fourth-order valence-electron chi connectivity index (χ4n) is 5.95. The SMILES string of the molecule is CC1=C(C)C(C)[C]([Ti][Si](c2ccccc2N(C)C)(c2ccccc2N(C)C)c2ccccc2N(C)C)=C1C.Cl.Cl.Cl. The smallest absolute Gasteiger partial charge is 0.147 e. The number of rotatable bonds is 8. The van der Waals surface area contributed by atoms with Gasteiger partial charge in [-0.1, -0.05) is 0 Å². The summed E-state index contributed by atoms with van der Waals surface area (Å²) >= 11 is -0.634. The minimum Gasteiger partial charge on any atom is -0.147 e. The number of allylic oxidation sites excluding steroid dienone is 4. The van der Waals surface area contributed by atoms with E-state index in [1.165, 1.54) is 38.2 Å². The van der Waals surface area contributed by atoms with Crippen LogP contribution in [0.1, 0.15) is 27.7 Å². The largest absolute Gasteiger partial charge is 0.147 e. The fraction of sp³-hybridized carbons (Fsp3) is 0.333. The number of anilines is 3.